The zero-order chi connectivity index (χ0) is 42.2. The van der Waals surface area contributed by atoms with E-state index >= 15 is 0 Å². The van der Waals surface area contributed by atoms with Crippen molar-refractivity contribution in [1.82, 2.24) is 0 Å². The van der Waals surface area contributed by atoms with Crippen LogP contribution in [0.5, 0.6) is 0 Å². The van der Waals surface area contributed by atoms with Crippen LogP contribution < -0.4 is 4.90 Å². The molecule has 2 aliphatic rings. The van der Waals surface area contributed by atoms with Gasteiger partial charge in [0, 0.05) is 26.8 Å². The van der Waals surface area contributed by atoms with Crippen LogP contribution in [0.25, 0.3) is 42.4 Å². The van der Waals surface area contributed by atoms with Crippen LogP contribution in [-0.2, 0) is 10.8 Å². The van der Waals surface area contributed by atoms with E-state index in [1.54, 1.807) is 0 Å². The molecule has 0 radical (unpaired) electrons. The van der Waals surface area contributed by atoms with E-state index in [1.807, 2.05) is 11.3 Å². The van der Waals surface area contributed by atoms with Gasteiger partial charge in [-0.3, -0.25) is 0 Å². The smallest absolute Gasteiger partial charge is 0.0720 e. The molecule has 0 saturated heterocycles. The molecule has 64 heavy (non-hydrogen) atoms. The van der Waals surface area contributed by atoms with E-state index in [9.17, 15) is 0 Å². The Hall–Kier alpha value is -7.78. The van der Waals surface area contributed by atoms with Crippen LogP contribution >= 0.6 is 11.3 Å². The Balaban J connectivity index is 1.11. The largest absolute Gasteiger partial charge is 0.309 e. The summed E-state index contributed by atoms with van der Waals surface area (Å²) in [6.07, 6.45) is 0. The van der Waals surface area contributed by atoms with Crippen LogP contribution in [0.3, 0.4) is 0 Å². The molecule has 300 valence electrons. The van der Waals surface area contributed by atoms with Crippen LogP contribution in [-0.4, -0.2) is 0 Å². The zero-order valence-corrected chi connectivity index (χ0v) is 35.8. The molecule has 2 unspecified atom stereocenters. The fourth-order valence-corrected chi connectivity index (χ4v) is 12.7. The van der Waals surface area contributed by atoms with Gasteiger partial charge >= 0.3 is 0 Å². The van der Waals surface area contributed by atoms with E-state index in [1.165, 1.54) is 92.6 Å². The minimum atomic E-state index is -0.661. The molecule has 0 bridgehead atoms. The van der Waals surface area contributed by atoms with Crippen LogP contribution in [0.1, 0.15) is 44.5 Å². The molecule has 11 aromatic rings. The van der Waals surface area contributed by atoms with Gasteiger partial charge < -0.3 is 4.90 Å². The van der Waals surface area contributed by atoms with Gasteiger partial charge in [0.25, 0.3) is 0 Å². The Morgan fingerprint density at radius 3 is 1.62 bits per heavy atom. The second-order valence-corrected chi connectivity index (χ2v) is 18.2. The highest BCUT2D eigenvalue weighted by molar-refractivity contribution is 7.26. The van der Waals surface area contributed by atoms with E-state index in [0.29, 0.717) is 0 Å². The molecule has 0 spiro atoms. The lowest BCUT2D eigenvalue weighted by molar-refractivity contribution is 0.627. The Bertz CT molecular complexity index is 3550. The minimum Gasteiger partial charge on any atom is -0.309 e. The van der Waals surface area contributed by atoms with Gasteiger partial charge in [0.05, 0.1) is 21.2 Å². The van der Waals surface area contributed by atoms with Crippen LogP contribution in [0.15, 0.2) is 249 Å². The molecule has 1 heterocycles. The Kier molecular flexibility index (Phi) is 8.28. The number of anilines is 3. The summed E-state index contributed by atoms with van der Waals surface area (Å²) in [6, 6.07) is 92.9. The van der Waals surface area contributed by atoms with Crippen molar-refractivity contribution in [1.29, 1.82) is 0 Å². The fourth-order valence-electron chi connectivity index (χ4n) is 11.5. The first-order valence-corrected chi connectivity index (χ1v) is 23.0. The van der Waals surface area contributed by atoms with Gasteiger partial charge in [0.15, 0.2) is 0 Å². The van der Waals surface area contributed by atoms with Gasteiger partial charge in [0.2, 0.25) is 0 Å². The summed E-state index contributed by atoms with van der Waals surface area (Å²) in [7, 11) is 0. The summed E-state index contributed by atoms with van der Waals surface area (Å²) in [5, 5.41) is 2.57. The highest BCUT2D eigenvalue weighted by Crippen LogP contribution is 2.66. The molecular weight excluding hydrogens is 791 g/mol. The van der Waals surface area contributed by atoms with Crippen LogP contribution in [0.4, 0.5) is 17.1 Å². The van der Waals surface area contributed by atoms with E-state index in [4.69, 9.17) is 0 Å². The van der Waals surface area contributed by atoms with E-state index in [2.05, 4.69) is 254 Å². The lowest BCUT2D eigenvalue weighted by Crippen LogP contribution is -2.44. The van der Waals surface area contributed by atoms with Gasteiger partial charge in [-0.25, -0.2) is 0 Å². The van der Waals surface area contributed by atoms with Gasteiger partial charge in [-0.1, -0.05) is 212 Å². The molecule has 2 heteroatoms. The second-order valence-electron chi connectivity index (χ2n) is 17.1. The van der Waals surface area contributed by atoms with Crippen molar-refractivity contribution < 1.29 is 0 Å². The molecule has 0 fully saturated rings. The molecule has 10 aromatic carbocycles. The average Bonchev–Trinajstić information content (AvgIpc) is 3.91. The summed E-state index contributed by atoms with van der Waals surface area (Å²) in [6.45, 7) is 0. The summed E-state index contributed by atoms with van der Waals surface area (Å²) >= 11 is 1.87. The summed E-state index contributed by atoms with van der Waals surface area (Å²) in [5.41, 5.74) is 17.7. The Morgan fingerprint density at radius 2 is 0.859 bits per heavy atom. The second kappa shape index (κ2) is 14.4. The van der Waals surface area contributed by atoms with Gasteiger partial charge in [-0.05, 0) is 103 Å². The fraction of sp³-hybridized carbons (Fsp3) is 0.0323. The van der Waals surface area contributed by atoms with Gasteiger partial charge in [-0.2, -0.15) is 0 Å². The number of hydrogen-bond acceptors (Lipinski definition) is 2. The first-order chi connectivity index (χ1) is 31.8. The molecule has 13 rings (SSSR count). The lowest BCUT2D eigenvalue weighted by atomic mass is 9.51. The van der Waals surface area contributed by atoms with Crippen molar-refractivity contribution in [3.05, 3.63) is 293 Å². The monoisotopic (exact) mass is 831 g/mol. The number of hydrogen-bond donors (Lipinski definition) is 0. The number of benzene rings is 10. The van der Waals surface area contributed by atoms with Crippen molar-refractivity contribution in [2.45, 2.75) is 10.8 Å². The van der Waals surface area contributed by atoms with Gasteiger partial charge in [-0.15, -0.1) is 11.3 Å². The molecule has 2 atom stereocenters. The molecule has 2 aliphatic carbocycles. The summed E-state index contributed by atoms with van der Waals surface area (Å²) in [4.78, 5) is 2.49. The predicted octanol–water partition coefficient (Wildman–Crippen LogP) is 16.3. The maximum Gasteiger partial charge on any atom is 0.0720 e. The molecule has 0 saturated carbocycles. The predicted molar refractivity (Wildman–Crippen MR) is 269 cm³/mol. The lowest BCUT2D eigenvalue weighted by Gasteiger charge is -2.49. The van der Waals surface area contributed by atoms with E-state index in [-0.39, 0.29) is 0 Å². The average molecular weight is 832 g/mol. The summed E-state index contributed by atoms with van der Waals surface area (Å²) < 4.78 is 2.56. The minimum absolute atomic E-state index is 0.500. The van der Waals surface area contributed by atoms with Gasteiger partial charge in [0.1, 0.15) is 0 Å². The third-order valence-electron chi connectivity index (χ3n) is 14.0. The first-order valence-electron chi connectivity index (χ1n) is 22.2. The standard InChI is InChI=1S/C62H41NS/c1-4-19-42(20-5-1)43-37-39-47(40-38-43)63(57-35-18-30-52-50-28-11-15-36-58(50)64-60(52)57)48-26-16-25-46(41-48)61(44-21-6-2-7-22-44)54-32-13-14-33-55(54)62(45-23-8-3-9-24-45)53-31-12-10-27-49(53)51-29-17-34-56(61)59(51)62/h1-41H. The number of thiophene rings is 1. The molecule has 0 N–H and O–H groups in total. The zero-order valence-electron chi connectivity index (χ0n) is 35.0. The van der Waals surface area contributed by atoms with Crippen LogP contribution in [0.2, 0.25) is 0 Å². The molecule has 1 aromatic heterocycles. The normalized spacial score (nSPS) is 16.9. The first kappa shape index (κ1) is 36.8. The Labute approximate surface area is 377 Å². The summed E-state index contributed by atoms with van der Waals surface area (Å²) in [5.74, 6) is 0. The van der Waals surface area contributed by atoms with Crippen LogP contribution in [0, 0.1) is 0 Å². The van der Waals surface area contributed by atoms with Crippen molar-refractivity contribution in [3.8, 4) is 22.3 Å². The highest BCUT2D eigenvalue weighted by Gasteiger charge is 2.57. The third-order valence-corrected chi connectivity index (χ3v) is 15.2. The topological polar surface area (TPSA) is 3.24 Å². The third kappa shape index (κ3) is 5.12. The number of nitrogens with zero attached hydrogens (tertiary/aromatic N) is 1. The maximum atomic E-state index is 2.49. The molecule has 0 aliphatic heterocycles. The SMILES string of the molecule is c1ccc(-c2ccc(N(c3cccc(C4(c5ccccc5)c5ccccc5C5(c6ccccc6)c6ccccc6-c6cccc4c65)c3)c3cccc4c3sc3ccccc34)cc2)cc1. The Morgan fingerprint density at radius 1 is 0.328 bits per heavy atom. The molecular formula is C62H41NS. The van der Waals surface area contributed by atoms with E-state index in [0.717, 1.165) is 11.4 Å². The van der Waals surface area contributed by atoms with E-state index < -0.39 is 10.8 Å². The number of rotatable bonds is 7. The van der Waals surface area contributed by atoms with Crippen molar-refractivity contribution in [2.75, 3.05) is 4.90 Å². The highest BCUT2D eigenvalue weighted by atomic mass is 32.1. The molecule has 0 amide bonds. The quantitative estimate of drug-likeness (QED) is 0.155. The maximum absolute atomic E-state index is 2.49. The molecule has 1 nitrogen and oxygen atoms in total. The van der Waals surface area contributed by atoms with Crippen molar-refractivity contribution in [3.63, 3.8) is 0 Å². The number of fused-ring (bicyclic) bond motifs is 8. The van der Waals surface area contributed by atoms with Crippen molar-refractivity contribution in [2.24, 2.45) is 0 Å². The van der Waals surface area contributed by atoms with Crippen molar-refractivity contribution >= 4 is 48.6 Å².